The first kappa shape index (κ1) is 14.3. The van der Waals surface area contributed by atoms with E-state index in [4.69, 9.17) is 5.73 Å². The highest BCUT2D eigenvalue weighted by molar-refractivity contribution is 5.94. The van der Waals surface area contributed by atoms with Gasteiger partial charge in [0.25, 0.3) is 5.91 Å². The summed E-state index contributed by atoms with van der Waals surface area (Å²) in [5.74, 6) is -0.0751. The van der Waals surface area contributed by atoms with Crippen LogP contribution in [0.25, 0.3) is 5.69 Å². The van der Waals surface area contributed by atoms with E-state index in [0.29, 0.717) is 12.1 Å². The van der Waals surface area contributed by atoms with E-state index in [2.05, 4.69) is 10.4 Å². The number of nitrogens with zero attached hydrogens (tertiary/aromatic N) is 2. The second kappa shape index (κ2) is 6.34. The van der Waals surface area contributed by atoms with Gasteiger partial charge in [-0.2, -0.15) is 5.10 Å². The van der Waals surface area contributed by atoms with E-state index in [1.807, 2.05) is 32.2 Å². The SMILES string of the molecule is Cc1cnn(-c2ccc(C(=O)NCCC(C)N)cc2)c1. The van der Waals surface area contributed by atoms with E-state index in [-0.39, 0.29) is 11.9 Å². The van der Waals surface area contributed by atoms with E-state index in [1.165, 1.54) is 0 Å². The summed E-state index contributed by atoms with van der Waals surface area (Å²) >= 11 is 0. The molecule has 0 aliphatic carbocycles. The maximum Gasteiger partial charge on any atom is 0.251 e. The highest BCUT2D eigenvalue weighted by Gasteiger charge is 2.06. The molecule has 0 spiro atoms. The first-order chi connectivity index (χ1) is 9.56. The van der Waals surface area contributed by atoms with Gasteiger partial charge >= 0.3 is 0 Å². The van der Waals surface area contributed by atoms with Crippen LogP contribution in [0, 0.1) is 6.92 Å². The van der Waals surface area contributed by atoms with Gasteiger partial charge in [-0.1, -0.05) is 0 Å². The number of rotatable bonds is 5. The minimum Gasteiger partial charge on any atom is -0.352 e. The van der Waals surface area contributed by atoms with E-state index < -0.39 is 0 Å². The molecule has 0 radical (unpaired) electrons. The second-order valence-corrected chi connectivity index (χ2v) is 5.03. The molecular weight excluding hydrogens is 252 g/mol. The lowest BCUT2D eigenvalue weighted by molar-refractivity contribution is 0.0953. The number of benzene rings is 1. The van der Waals surface area contributed by atoms with Crippen LogP contribution in [-0.2, 0) is 0 Å². The average molecular weight is 272 g/mol. The Labute approximate surface area is 118 Å². The van der Waals surface area contributed by atoms with Crippen LogP contribution < -0.4 is 11.1 Å². The lowest BCUT2D eigenvalue weighted by Gasteiger charge is -2.08. The van der Waals surface area contributed by atoms with Crippen molar-refractivity contribution in [1.82, 2.24) is 15.1 Å². The summed E-state index contributed by atoms with van der Waals surface area (Å²) in [4.78, 5) is 11.9. The van der Waals surface area contributed by atoms with Crippen molar-refractivity contribution in [2.45, 2.75) is 26.3 Å². The molecule has 1 aromatic heterocycles. The monoisotopic (exact) mass is 272 g/mol. The quantitative estimate of drug-likeness (QED) is 0.869. The number of amides is 1. The molecule has 1 unspecified atom stereocenters. The average Bonchev–Trinajstić information content (AvgIpc) is 2.85. The molecule has 0 bridgehead atoms. The Hall–Kier alpha value is -2.14. The van der Waals surface area contributed by atoms with Gasteiger partial charge in [0, 0.05) is 24.3 Å². The van der Waals surface area contributed by atoms with Crippen LogP contribution in [0.2, 0.25) is 0 Å². The van der Waals surface area contributed by atoms with Crippen molar-refractivity contribution >= 4 is 5.91 Å². The zero-order valence-electron chi connectivity index (χ0n) is 11.8. The number of aromatic nitrogens is 2. The molecule has 1 atom stereocenters. The number of carbonyl (C=O) groups excluding carboxylic acids is 1. The van der Waals surface area contributed by atoms with E-state index >= 15 is 0 Å². The number of hydrogen-bond donors (Lipinski definition) is 2. The summed E-state index contributed by atoms with van der Waals surface area (Å²) in [5, 5.41) is 7.08. The second-order valence-electron chi connectivity index (χ2n) is 5.03. The van der Waals surface area contributed by atoms with Crippen molar-refractivity contribution in [3.05, 3.63) is 47.8 Å². The molecule has 20 heavy (non-hydrogen) atoms. The lowest BCUT2D eigenvalue weighted by atomic mass is 10.2. The van der Waals surface area contributed by atoms with Crippen molar-refractivity contribution in [2.24, 2.45) is 5.73 Å². The van der Waals surface area contributed by atoms with Crippen LogP contribution in [-0.4, -0.2) is 28.3 Å². The minimum atomic E-state index is -0.0751. The van der Waals surface area contributed by atoms with Gasteiger partial charge in [0.05, 0.1) is 11.9 Å². The number of hydrogen-bond acceptors (Lipinski definition) is 3. The predicted molar refractivity (Wildman–Crippen MR) is 78.9 cm³/mol. The Morgan fingerprint density at radius 1 is 1.40 bits per heavy atom. The van der Waals surface area contributed by atoms with Crippen molar-refractivity contribution in [2.75, 3.05) is 6.54 Å². The minimum absolute atomic E-state index is 0.0751. The molecule has 0 aliphatic rings. The van der Waals surface area contributed by atoms with Gasteiger partial charge in [-0.3, -0.25) is 4.79 Å². The van der Waals surface area contributed by atoms with Crippen LogP contribution in [0.15, 0.2) is 36.7 Å². The van der Waals surface area contributed by atoms with Gasteiger partial charge < -0.3 is 11.1 Å². The Kier molecular flexibility index (Phi) is 4.53. The molecule has 0 aliphatic heterocycles. The Balaban J connectivity index is 1.99. The summed E-state index contributed by atoms with van der Waals surface area (Å²) in [6, 6.07) is 7.46. The van der Waals surface area contributed by atoms with Gasteiger partial charge in [0.15, 0.2) is 0 Å². The third-order valence-corrected chi connectivity index (χ3v) is 2.99. The van der Waals surface area contributed by atoms with Crippen LogP contribution in [0.5, 0.6) is 0 Å². The fourth-order valence-corrected chi connectivity index (χ4v) is 1.83. The highest BCUT2D eigenvalue weighted by Crippen LogP contribution is 2.10. The summed E-state index contributed by atoms with van der Waals surface area (Å²) < 4.78 is 1.78. The van der Waals surface area contributed by atoms with Crippen LogP contribution >= 0.6 is 0 Å². The van der Waals surface area contributed by atoms with Crippen LogP contribution in [0.1, 0.15) is 29.3 Å². The molecular formula is C15H20N4O. The van der Waals surface area contributed by atoms with Gasteiger partial charge in [0.1, 0.15) is 0 Å². The third kappa shape index (κ3) is 3.68. The Bertz CT molecular complexity index is 572. The molecule has 2 rings (SSSR count). The van der Waals surface area contributed by atoms with Crippen molar-refractivity contribution < 1.29 is 4.79 Å². The van der Waals surface area contributed by atoms with E-state index in [1.54, 1.807) is 23.0 Å². The smallest absolute Gasteiger partial charge is 0.251 e. The predicted octanol–water partition coefficient (Wildman–Crippen LogP) is 1.65. The summed E-state index contributed by atoms with van der Waals surface area (Å²) in [6.07, 6.45) is 4.52. The molecule has 3 N–H and O–H groups in total. The molecule has 5 heteroatoms. The molecule has 1 aromatic carbocycles. The zero-order valence-corrected chi connectivity index (χ0v) is 11.8. The molecule has 0 saturated heterocycles. The van der Waals surface area contributed by atoms with Crippen molar-refractivity contribution in [3.63, 3.8) is 0 Å². The van der Waals surface area contributed by atoms with E-state index in [9.17, 15) is 4.79 Å². The number of carbonyl (C=O) groups is 1. The largest absolute Gasteiger partial charge is 0.352 e. The Morgan fingerprint density at radius 2 is 2.10 bits per heavy atom. The standard InChI is InChI=1S/C15H20N4O/c1-11-9-18-19(10-11)14-5-3-13(4-6-14)15(20)17-8-7-12(2)16/h3-6,9-10,12H,7-8,16H2,1-2H3,(H,17,20). The zero-order chi connectivity index (χ0) is 14.5. The maximum atomic E-state index is 11.9. The van der Waals surface area contributed by atoms with Gasteiger partial charge in [-0.25, -0.2) is 4.68 Å². The first-order valence-corrected chi connectivity index (χ1v) is 6.72. The van der Waals surface area contributed by atoms with Gasteiger partial charge in [-0.15, -0.1) is 0 Å². The van der Waals surface area contributed by atoms with Gasteiger partial charge in [0.2, 0.25) is 0 Å². The van der Waals surface area contributed by atoms with Crippen molar-refractivity contribution in [1.29, 1.82) is 0 Å². The van der Waals surface area contributed by atoms with E-state index in [0.717, 1.165) is 17.7 Å². The van der Waals surface area contributed by atoms with Crippen molar-refractivity contribution in [3.8, 4) is 5.69 Å². The first-order valence-electron chi connectivity index (χ1n) is 6.72. The molecule has 0 fully saturated rings. The molecule has 5 nitrogen and oxygen atoms in total. The molecule has 1 amide bonds. The fraction of sp³-hybridized carbons (Fsp3) is 0.333. The molecule has 106 valence electrons. The highest BCUT2D eigenvalue weighted by atomic mass is 16.1. The lowest BCUT2D eigenvalue weighted by Crippen LogP contribution is -2.28. The summed E-state index contributed by atoms with van der Waals surface area (Å²) in [6.45, 7) is 4.51. The van der Waals surface area contributed by atoms with Gasteiger partial charge in [-0.05, 0) is 50.1 Å². The van der Waals surface area contributed by atoms with Crippen LogP contribution in [0.3, 0.4) is 0 Å². The molecule has 0 saturated carbocycles. The Morgan fingerprint density at radius 3 is 2.65 bits per heavy atom. The molecule has 2 aromatic rings. The number of aryl methyl sites for hydroxylation is 1. The maximum absolute atomic E-state index is 11.9. The molecule has 1 heterocycles. The normalized spacial score (nSPS) is 12.2. The fourth-order valence-electron chi connectivity index (χ4n) is 1.83. The number of nitrogens with two attached hydrogens (primary N) is 1. The summed E-state index contributed by atoms with van der Waals surface area (Å²) in [5.41, 5.74) is 8.32. The number of nitrogens with one attached hydrogen (secondary N) is 1. The topological polar surface area (TPSA) is 72.9 Å². The summed E-state index contributed by atoms with van der Waals surface area (Å²) in [7, 11) is 0. The van der Waals surface area contributed by atoms with Crippen LogP contribution in [0.4, 0.5) is 0 Å². The third-order valence-electron chi connectivity index (χ3n) is 2.99.